The minimum absolute atomic E-state index is 0.315. The molecule has 17 heavy (non-hydrogen) atoms. The number of rotatable bonds is 4. The van der Waals surface area contributed by atoms with Crippen LogP contribution >= 0.6 is 12.2 Å². The average Bonchev–Trinajstić information content (AvgIpc) is 2.37. The largest absolute Gasteiger partial charge is 0.361 e. The van der Waals surface area contributed by atoms with E-state index >= 15 is 0 Å². The third-order valence-electron chi connectivity index (χ3n) is 2.00. The van der Waals surface area contributed by atoms with Crippen molar-refractivity contribution in [2.75, 3.05) is 6.54 Å². The van der Waals surface area contributed by atoms with Crippen LogP contribution in [0.15, 0.2) is 24.4 Å². The number of unbranched alkanes of at least 4 members (excludes halogenated alkanes) is 1. The summed E-state index contributed by atoms with van der Waals surface area (Å²) in [7, 11) is 0. The molecule has 92 valence electrons. The SMILES string of the molecule is CCCCNC(=S)NNC(=O)c1ccccn1. The molecule has 6 heteroatoms. The first-order chi connectivity index (χ1) is 8.24. The minimum Gasteiger partial charge on any atom is -0.361 e. The standard InChI is InChI=1S/C11H16N4OS/c1-2-3-7-13-11(17)15-14-10(16)9-6-4-5-8-12-9/h4-6,8H,2-3,7H2,1H3,(H,14,16)(H2,13,15,17). The lowest BCUT2D eigenvalue weighted by Crippen LogP contribution is -2.47. The van der Waals surface area contributed by atoms with E-state index < -0.39 is 0 Å². The summed E-state index contributed by atoms with van der Waals surface area (Å²) < 4.78 is 0. The van der Waals surface area contributed by atoms with Crippen LogP contribution in [0.5, 0.6) is 0 Å². The number of nitrogens with zero attached hydrogens (tertiary/aromatic N) is 1. The van der Waals surface area contributed by atoms with E-state index in [9.17, 15) is 4.79 Å². The van der Waals surface area contributed by atoms with Gasteiger partial charge in [0, 0.05) is 12.7 Å². The molecular formula is C11H16N4OS. The summed E-state index contributed by atoms with van der Waals surface area (Å²) in [6.07, 6.45) is 3.69. The lowest BCUT2D eigenvalue weighted by molar-refractivity contribution is 0.0938. The Bertz CT molecular complexity index is 369. The Balaban J connectivity index is 2.26. The van der Waals surface area contributed by atoms with Crippen molar-refractivity contribution in [1.29, 1.82) is 0 Å². The van der Waals surface area contributed by atoms with Crippen molar-refractivity contribution >= 4 is 23.2 Å². The summed E-state index contributed by atoms with van der Waals surface area (Å²) in [6.45, 7) is 2.89. The molecule has 0 saturated heterocycles. The van der Waals surface area contributed by atoms with Crippen LogP contribution in [0.3, 0.4) is 0 Å². The fourth-order valence-electron chi connectivity index (χ4n) is 1.10. The minimum atomic E-state index is -0.315. The van der Waals surface area contributed by atoms with E-state index in [4.69, 9.17) is 12.2 Å². The van der Waals surface area contributed by atoms with Crippen molar-refractivity contribution in [3.05, 3.63) is 30.1 Å². The van der Waals surface area contributed by atoms with E-state index in [0.29, 0.717) is 10.8 Å². The molecule has 1 rings (SSSR count). The number of hydrogen-bond donors (Lipinski definition) is 3. The van der Waals surface area contributed by atoms with E-state index in [1.165, 1.54) is 0 Å². The molecule has 0 aromatic carbocycles. The van der Waals surface area contributed by atoms with Gasteiger partial charge in [0.2, 0.25) is 0 Å². The number of aromatic nitrogens is 1. The van der Waals surface area contributed by atoms with Gasteiger partial charge in [-0.05, 0) is 30.8 Å². The van der Waals surface area contributed by atoms with Gasteiger partial charge in [-0.25, -0.2) is 0 Å². The summed E-state index contributed by atoms with van der Waals surface area (Å²) in [6, 6.07) is 5.13. The van der Waals surface area contributed by atoms with Crippen molar-refractivity contribution in [1.82, 2.24) is 21.2 Å². The van der Waals surface area contributed by atoms with Crippen LogP contribution in [-0.4, -0.2) is 22.5 Å². The molecular weight excluding hydrogens is 236 g/mol. The lowest BCUT2D eigenvalue weighted by Gasteiger charge is -2.10. The van der Waals surface area contributed by atoms with Gasteiger partial charge in [0.15, 0.2) is 5.11 Å². The van der Waals surface area contributed by atoms with E-state index in [1.54, 1.807) is 24.4 Å². The molecule has 3 N–H and O–H groups in total. The van der Waals surface area contributed by atoms with Crippen LogP contribution in [0.1, 0.15) is 30.3 Å². The van der Waals surface area contributed by atoms with E-state index in [2.05, 4.69) is 28.1 Å². The van der Waals surface area contributed by atoms with E-state index in [1.807, 2.05) is 0 Å². The second-order valence-corrected chi connectivity index (χ2v) is 3.81. The van der Waals surface area contributed by atoms with Crippen LogP contribution in [0.4, 0.5) is 0 Å². The highest BCUT2D eigenvalue weighted by Crippen LogP contribution is 1.91. The molecule has 0 atom stereocenters. The second kappa shape index (κ2) is 7.56. The van der Waals surface area contributed by atoms with Gasteiger partial charge in [-0.3, -0.25) is 20.6 Å². The van der Waals surface area contributed by atoms with Gasteiger partial charge in [0.05, 0.1) is 0 Å². The third kappa shape index (κ3) is 5.26. The first-order valence-electron chi connectivity index (χ1n) is 5.49. The zero-order valence-electron chi connectivity index (χ0n) is 9.69. The number of nitrogens with one attached hydrogen (secondary N) is 3. The first kappa shape index (κ1) is 13.4. The molecule has 0 unspecified atom stereocenters. The highest BCUT2D eigenvalue weighted by atomic mass is 32.1. The maximum Gasteiger partial charge on any atom is 0.288 e. The molecule has 0 bridgehead atoms. The van der Waals surface area contributed by atoms with E-state index in [0.717, 1.165) is 19.4 Å². The Morgan fingerprint density at radius 1 is 1.41 bits per heavy atom. The zero-order chi connectivity index (χ0) is 12.5. The van der Waals surface area contributed by atoms with Crippen LogP contribution in [0, 0.1) is 0 Å². The summed E-state index contributed by atoms with van der Waals surface area (Å²) in [5.41, 5.74) is 5.43. The van der Waals surface area contributed by atoms with E-state index in [-0.39, 0.29) is 5.91 Å². The second-order valence-electron chi connectivity index (χ2n) is 3.40. The molecule has 5 nitrogen and oxygen atoms in total. The molecule has 0 aliphatic heterocycles. The quantitative estimate of drug-likeness (QED) is 0.424. The molecule has 0 saturated carbocycles. The number of pyridine rings is 1. The number of amides is 1. The molecule has 1 aromatic rings. The van der Waals surface area contributed by atoms with Gasteiger partial charge in [-0.2, -0.15) is 0 Å². The molecule has 0 fully saturated rings. The van der Waals surface area contributed by atoms with Crippen molar-refractivity contribution < 1.29 is 4.79 Å². The smallest absolute Gasteiger partial charge is 0.288 e. The van der Waals surface area contributed by atoms with Crippen LogP contribution in [0.2, 0.25) is 0 Å². The molecule has 0 spiro atoms. The Morgan fingerprint density at radius 2 is 2.24 bits per heavy atom. The Kier molecular flexibility index (Phi) is 5.95. The Labute approximate surface area is 106 Å². The van der Waals surface area contributed by atoms with Crippen LogP contribution in [0.25, 0.3) is 0 Å². The summed E-state index contributed by atoms with van der Waals surface area (Å²) >= 11 is 4.98. The predicted octanol–water partition coefficient (Wildman–Crippen LogP) is 0.991. The van der Waals surface area contributed by atoms with Gasteiger partial charge in [0.1, 0.15) is 5.69 Å². The summed E-state index contributed by atoms with van der Waals surface area (Å²) in [5, 5.41) is 3.38. The Morgan fingerprint density at radius 3 is 2.88 bits per heavy atom. The number of hydrogen-bond acceptors (Lipinski definition) is 3. The molecule has 0 aliphatic rings. The topological polar surface area (TPSA) is 66.0 Å². The fourth-order valence-corrected chi connectivity index (χ4v) is 1.25. The molecule has 1 amide bonds. The number of carbonyl (C=O) groups excluding carboxylic acids is 1. The van der Waals surface area contributed by atoms with Crippen molar-refractivity contribution in [3.63, 3.8) is 0 Å². The highest BCUT2D eigenvalue weighted by molar-refractivity contribution is 7.80. The molecule has 1 aromatic heterocycles. The van der Waals surface area contributed by atoms with Crippen LogP contribution < -0.4 is 16.2 Å². The van der Waals surface area contributed by atoms with Gasteiger partial charge in [-0.15, -0.1) is 0 Å². The van der Waals surface area contributed by atoms with Crippen LogP contribution in [-0.2, 0) is 0 Å². The lowest BCUT2D eigenvalue weighted by atomic mass is 10.3. The number of thiocarbonyl (C=S) groups is 1. The zero-order valence-corrected chi connectivity index (χ0v) is 10.5. The maximum absolute atomic E-state index is 11.6. The van der Waals surface area contributed by atoms with Gasteiger partial charge >= 0.3 is 0 Å². The van der Waals surface area contributed by atoms with Gasteiger partial charge in [-0.1, -0.05) is 19.4 Å². The van der Waals surface area contributed by atoms with Crippen molar-refractivity contribution in [2.45, 2.75) is 19.8 Å². The normalized spacial score (nSPS) is 9.47. The Hall–Kier alpha value is -1.69. The van der Waals surface area contributed by atoms with Crippen molar-refractivity contribution in [3.8, 4) is 0 Å². The number of hydrazine groups is 1. The fraction of sp³-hybridized carbons (Fsp3) is 0.364. The average molecular weight is 252 g/mol. The monoisotopic (exact) mass is 252 g/mol. The highest BCUT2D eigenvalue weighted by Gasteiger charge is 2.05. The number of carbonyl (C=O) groups is 1. The third-order valence-corrected chi connectivity index (χ3v) is 2.25. The first-order valence-corrected chi connectivity index (χ1v) is 5.90. The molecule has 1 heterocycles. The summed E-state index contributed by atoms with van der Waals surface area (Å²) in [4.78, 5) is 15.5. The van der Waals surface area contributed by atoms with Gasteiger partial charge in [0.25, 0.3) is 5.91 Å². The van der Waals surface area contributed by atoms with Crippen molar-refractivity contribution in [2.24, 2.45) is 0 Å². The predicted molar refractivity (Wildman–Crippen MR) is 70.3 cm³/mol. The molecule has 0 radical (unpaired) electrons. The van der Waals surface area contributed by atoms with Gasteiger partial charge < -0.3 is 5.32 Å². The maximum atomic E-state index is 11.6. The molecule has 0 aliphatic carbocycles. The summed E-state index contributed by atoms with van der Waals surface area (Å²) in [5.74, 6) is -0.315.